The molecule has 1 aliphatic heterocycles. The van der Waals surface area contributed by atoms with Crippen LogP contribution in [0, 0.1) is 0 Å². The number of piperazine rings is 1. The Bertz CT molecular complexity index is 484. The van der Waals surface area contributed by atoms with Gasteiger partial charge in [-0.2, -0.15) is 0 Å². The molecule has 0 radical (unpaired) electrons. The van der Waals surface area contributed by atoms with Crippen LogP contribution in [0.4, 0.5) is 0 Å². The maximum Gasteiger partial charge on any atom is 0.253 e. The van der Waals surface area contributed by atoms with Crippen LogP contribution in [-0.2, 0) is 6.54 Å². The molecule has 1 heterocycles. The molecule has 1 N–H and O–H groups in total. The Balaban J connectivity index is 2.00. The molecule has 22 heavy (non-hydrogen) atoms. The molecule has 0 spiro atoms. The number of nitrogens with zero attached hydrogens (tertiary/aromatic N) is 2. The van der Waals surface area contributed by atoms with Crippen molar-refractivity contribution in [2.75, 3.05) is 26.2 Å². The minimum Gasteiger partial charge on any atom is -0.336 e. The van der Waals surface area contributed by atoms with Gasteiger partial charge in [0, 0.05) is 43.8 Å². The van der Waals surface area contributed by atoms with E-state index in [1.54, 1.807) is 0 Å². The maximum absolute atomic E-state index is 12.5. The summed E-state index contributed by atoms with van der Waals surface area (Å²) < 4.78 is 0. The quantitative estimate of drug-likeness (QED) is 0.907. The Kier molecular flexibility index (Phi) is 5.98. The molecular weight excluding hydrogens is 274 g/mol. The summed E-state index contributed by atoms with van der Waals surface area (Å²) in [6.45, 7) is 13.2. The van der Waals surface area contributed by atoms with E-state index >= 15 is 0 Å². The van der Waals surface area contributed by atoms with Gasteiger partial charge in [-0.05, 0) is 45.0 Å². The van der Waals surface area contributed by atoms with Crippen molar-refractivity contribution >= 4 is 5.91 Å². The Morgan fingerprint density at radius 1 is 1.36 bits per heavy atom. The van der Waals surface area contributed by atoms with Crippen LogP contribution in [0.1, 0.15) is 43.6 Å². The van der Waals surface area contributed by atoms with Gasteiger partial charge in [0.15, 0.2) is 0 Å². The van der Waals surface area contributed by atoms with E-state index in [0.29, 0.717) is 12.1 Å². The van der Waals surface area contributed by atoms with E-state index < -0.39 is 0 Å². The average Bonchev–Trinajstić information content (AvgIpc) is 2.52. The Hall–Kier alpha value is -1.39. The number of benzene rings is 1. The van der Waals surface area contributed by atoms with E-state index in [2.05, 4.69) is 50.0 Å². The van der Waals surface area contributed by atoms with Crippen LogP contribution < -0.4 is 5.32 Å². The molecule has 122 valence electrons. The van der Waals surface area contributed by atoms with Crippen molar-refractivity contribution in [3.05, 3.63) is 35.4 Å². The van der Waals surface area contributed by atoms with Crippen molar-refractivity contribution in [3.63, 3.8) is 0 Å². The van der Waals surface area contributed by atoms with Crippen molar-refractivity contribution < 1.29 is 4.79 Å². The molecule has 1 atom stereocenters. The zero-order chi connectivity index (χ0) is 16.1. The summed E-state index contributed by atoms with van der Waals surface area (Å²) >= 11 is 0. The summed E-state index contributed by atoms with van der Waals surface area (Å²) in [6, 6.07) is 9.03. The van der Waals surface area contributed by atoms with E-state index in [1.807, 2.05) is 17.0 Å². The number of nitrogens with one attached hydrogen (secondary N) is 1. The predicted octanol–water partition coefficient (Wildman–Crippen LogP) is 2.35. The minimum absolute atomic E-state index is 0.149. The monoisotopic (exact) mass is 303 g/mol. The Labute approximate surface area is 134 Å². The molecule has 1 aromatic rings. The summed E-state index contributed by atoms with van der Waals surface area (Å²) in [7, 11) is 0. The molecule has 0 bridgehead atoms. The molecular formula is C18H29N3O. The highest BCUT2D eigenvalue weighted by atomic mass is 16.2. The second kappa shape index (κ2) is 7.75. The fourth-order valence-corrected chi connectivity index (χ4v) is 2.95. The van der Waals surface area contributed by atoms with Gasteiger partial charge in [0.25, 0.3) is 5.91 Å². The highest BCUT2D eigenvalue weighted by molar-refractivity contribution is 5.94. The number of hydrogen-bond donors (Lipinski definition) is 1. The number of rotatable bonds is 5. The van der Waals surface area contributed by atoms with Crippen molar-refractivity contribution in [1.82, 2.24) is 15.1 Å². The second-order valence-corrected chi connectivity index (χ2v) is 6.46. The summed E-state index contributed by atoms with van der Waals surface area (Å²) in [5, 5.41) is 3.37. The van der Waals surface area contributed by atoms with E-state index in [-0.39, 0.29) is 5.91 Å². The summed E-state index contributed by atoms with van der Waals surface area (Å²) in [4.78, 5) is 16.9. The van der Waals surface area contributed by atoms with E-state index in [1.165, 1.54) is 5.56 Å². The molecule has 1 aromatic carbocycles. The molecule has 0 aliphatic carbocycles. The number of carbonyl (C=O) groups is 1. The van der Waals surface area contributed by atoms with Gasteiger partial charge in [-0.25, -0.2) is 0 Å². The van der Waals surface area contributed by atoms with Gasteiger partial charge in [0.2, 0.25) is 0 Å². The van der Waals surface area contributed by atoms with Crippen molar-refractivity contribution in [3.8, 4) is 0 Å². The van der Waals surface area contributed by atoms with Crippen LogP contribution in [0.2, 0.25) is 0 Å². The van der Waals surface area contributed by atoms with Crippen LogP contribution >= 0.6 is 0 Å². The van der Waals surface area contributed by atoms with Gasteiger partial charge in [-0.15, -0.1) is 0 Å². The predicted molar refractivity (Wildman–Crippen MR) is 91.0 cm³/mol. The lowest BCUT2D eigenvalue weighted by molar-refractivity contribution is 0.0709. The third-order valence-corrected chi connectivity index (χ3v) is 4.38. The third-order valence-electron chi connectivity index (χ3n) is 4.38. The molecule has 1 fully saturated rings. The minimum atomic E-state index is 0.149. The third kappa shape index (κ3) is 4.31. The number of carbonyl (C=O) groups excluding carboxylic acids is 1. The Morgan fingerprint density at radius 2 is 2.05 bits per heavy atom. The molecule has 0 saturated carbocycles. The first-order valence-electron chi connectivity index (χ1n) is 8.37. The highest BCUT2D eigenvalue weighted by Crippen LogP contribution is 2.12. The maximum atomic E-state index is 12.5. The molecule has 1 unspecified atom stereocenters. The van der Waals surface area contributed by atoms with Crippen molar-refractivity contribution in [1.29, 1.82) is 0 Å². The normalized spacial score (nSPS) is 19.0. The summed E-state index contributed by atoms with van der Waals surface area (Å²) in [5.41, 5.74) is 2.06. The number of hydrogen-bond acceptors (Lipinski definition) is 3. The van der Waals surface area contributed by atoms with Gasteiger partial charge in [-0.3, -0.25) is 9.69 Å². The molecule has 1 saturated heterocycles. The average molecular weight is 303 g/mol. The molecule has 4 nitrogen and oxygen atoms in total. The van der Waals surface area contributed by atoms with Gasteiger partial charge in [-0.1, -0.05) is 19.1 Å². The van der Waals surface area contributed by atoms with Crippen LogP contribution in [0.15, 0.2) is 24.3 Å². The highest BCUT2D eigenvalue weighted by Gasteiger charge is 2.21. The lowest BCUT2D eigenvalue weighted by Crippen LogP contribution is -2.51. The van der Waals surface area contributed by atoms with Gasteiger partial charge < -0.3 is 10.2 Å². The molecule has 1 amide bonds. The first-order valence-corrected chi connectivity index (χ1v) is 8.37. The topological polar surface area (TPSA) is 35.6 Å². The zero-order valence-corrected chi connectivity index (χ0v) is 14.3. The van der Waals surface area contributed by atoms with Crippen LogP contribution in [-0.4, -0.2) is 54.0 Å². The molecule has 4 heteroatoms. The van der Waals surface area contributed by atoms with E-state index in [9.17, 15) is 4.79 Å². The van der Waals surface area contributed by atoms with Crippen molar-refractivity contribution in [2.24, 2.45) is 0 Å². The van der Waals surface area contributed by atoms with Gasteiger partial charge in [0.1, 0.15) is 0 Å². The van der Waals surface area contributed by atoms with Crippen molar-refractivity contribution in [2.45, 2.75) is 46.3 Å². The van der Waals surface area contributed by atoms with Crippen LogP contribution in [0.3, 0.4) is 0 Å². The fraction of sp³-hybridized carbons (Fsp3) is 0.611. The smallest absolute Gasteiger partial charge is 0.253 e. The largest absolute Gasteiger partial charge is 0.336 e. The summed E-state index contributed by atoms with van der Waals surface area (Å²) in [5.74, 6) is 0.149. The zero-order valence-electron chi connectivity index (χ0n) is 14.3. The fourth-order valence-electron chi connectivity index (χ4n) is 2.95. The van der Waals surface area contributed by atoms with Gasteiger partial charge in [0.05, 0.1) is 0 Å². The molecule has 2 rings (SSSR count). The SMILES string of the molecule is CCN(Cc1ccc(C(=O)N2CCNC(C)C2)cc1)C(C)C. The first-order chi connectivity index (χ1) is 10.5. The second-order valence-electron chi connectivity index (χ2n) is 6.46. The van der Waals surface area contributed by atoms with E-state index in [0.717, 1.165) is 38.3 Å². The number of amides is 1. The lowest BCUT2D eigenvalue weighted by Gasteiger charge is -2.32. The first kappa shape index (κ1) is 17.0. The van der Waals surface area contributed by atoms with E-state index in [4.69, 9.17) is 0 Å². The lowest BCUT2D eigenvalue weighted by atomic mass is 10.1. The van der Waals surface area contributed by atoms with Crippen LogP contribution in [0.5, 0.6) is 0 Å². The summed E-state index contributed by atoms with van der Waals surface area (Å²) in [6.07, 6.45) is 0. The molecule has 1 aliphatic rings. The standard InChI is InChI=1S/C18H29N3O/c1-5-20(14(2)3)13-16-6-8-17(9-7-16)18(22)21-11-10-19-15(4)12-21/h6-9,14-15,19H,5,10-13H2,1-4H3. The van der Waals surface area contributed by atoms with Crippen LogP contribution in [0.25, 0.3) is 0 Å². The Morgan fingerprint density at radius 3 is 2.59 bits per heavy atom. The van der Waals surface area contributed by atoms with Gasteiger partial charge >= 0.3 is 0 Å². The molecule has 0 aromatic heterocycles.